The molecule has 0 spiro atoms. The van der Waals surface area contributed by atoms with Crippen molar-refractivity contribution in [2.75, 3.05) is 0 Å². The van der Waals surface area contributed by atoms with Crippen LogP contribution in [0.15, 0.2) is 0 Å². The van der Waals surface area contributed by atoms with Crippen LogP contribution in [0.5, 0.6) is 0 Å². The number of carbonyl (C=O) groups excluding carboxylic acids is 1. The van der Waals surface area contributed by atoms with Crippen LogP contribution in [0.4, 0.5) is 0 Å². The maximum Gasteiger partial charge on any atom is 0.306 e. The summed E-state index contributed by atoms with van der Waals surface area (Å²) in [4.78, 5) is 10.7. The first-order valence-electron chi connectivity index (χ1n) is 5.02. The van der Waals surface area contributed by atoms with E-state index in [1.165, 1.54) is 25.7 Å². The fourth-order valence-electron chi connectivity index (χ4n) is 1.58. The van der Waals surface area contributed by atoms with Gasteiger partial charge in [-0.2, -0.15) is 13.5 Å². The minimum absolute atomic E-state index is 0. The maximum absolute atomic E-state index is 10.7. The van der Waals surface area contributed by atoms with Crippen molar-refractivity contribution < 1.29 is 9.53 Å². The van der Waals surface area contributed by atoms with Gasteiger partial charge in [0.1, 0.15) is 6.10 Å². The normalized spacial score (nSPS) is 21.0. The molecule has 0 radical (unpaired) electrons. The third-order valence-corrected chi connectivity index (χ3v) is 2.35. The molecule has 1 atom stereocenters. The summed E-state index contributed by atoms with van der Waals surface area (Å²) in [5, 5.41) is 0. The van der Waals surface area contributed by atoms with E-state index in [2.05, 4.69) is 6.92 Å². The molecule has 0 aliphatic carbocycles. The summed E-state index contributed by atoms with van der Waals surface area (Å²) in [5.74, 6) is -0.00417. The van der Waals surface area contributed by atoms with Crippen LogP contribution in [0.1, 0.15) is 51.9 Å². The van der Waals surface area contributed by atoms with Gasteiger partial charge in [0.2, 0.25) is 0 Å². The Morgan fingerprint density at radius 1 is 1.38 bits per heavy atom. The van der Waals surface area contributed by atoms with Crippen molar-refractivity contribution in [2.24, 2.45) is 0 Å². The Labute approximate surface area is 87.5 Å². The number of unbranched alkanes of at least 4 members (excludes halogenated alkanes) is 3. The van der Waals surface area contributed by atoms with Crippen LogP contribution in [-0.2, 0) is 9.53 Å². The molecule has 0 saturated carbocycles. The lowest BCUT2D eigenvalue weighted by molar-refractivity contribution is -0.141. The average Bonchev–Trinajstić information content (AvgIpc) is 2.45. The van der Waals surface area contributed by atoms with Crippen molar-refractivity contribution in [1.29, 1.82) is 0 Å². The van der Waals surface area contributed by atoms with Gasteiger partial charge in [-0.1, -0.05) is 26.2 Å². The topological polar surface area (TPSA) is 26.3 Å². The smallest absolute Gasteiger partial charge is 0.306 e. The molecule has 0 N–H and O–H groups in total. The van der Waals surface area contributed by atoms with Crippen LogP contribution in [0.25, 0.3) is 0 Å². The Balaban J connectivity index is 0.00000144. The highest BCUT2D eigenvalue weighted by atomic mass is 32.1. The third-order valence-electron chi connectivity index (χ3n) is 2.35. The molecule has 3 heteroatoms. The molecule has 1 heterocycles. The molecule has 0 aromatic carbocycles. The summed E-state index contributed by atoms with van der Waals surface area (Å²) in [7, 11) is 0. The number of cyclic esters (lactones) is 1. The van der Waals surface area contributed by atoms with Crippen LogP contribution in [0.2, 0.25) is 0 Å². The molecule has 0 unspecified atom stereocenters. The van der Waals surface area contributed by atoms with Crippen LogP contribution in [0, 0.1) is 0 Å². The molecule has 0 aromatic heterocycles. The highest BCUT2D eigenvalue weighted by Crippen LogP contribution is 2.19. The van der Waals surface area contributed by atoms with Crippen molar-refractivity contribution in [3.63, 3.8) is 0 Å². The van der Waals surface area contributed by atoms with Gasteiger partial charge in [0.25, 0.3) is 0 Å². The van der Waals surface area contributed by atoms with E-state index in [-0.39, 0.29) is 25.6 Å². The summed E-state index contributed by atoms with van der Waals surface area (Å²) < 4.78 is 5.10. The van der Waals surface area contributed by atoms with Crippen LogP contribution >= 0.6 is 13.5 Å². The summed E-state index contributed by atoms with van der Waals surface area (Å²) in [6.45, 7) is 2.20. The van der Waals surface area contributed by atoms with Gasteiger partial charge in [0.15, 0.2) is 0 Å². The molecule has 0 bridgehead atoms. The van der Waals surface area contributed by atoms with E-state index in [1.807, 2.05) is 0 Å². The zero-order chi connectivity index (χ0) is 8.81. The first-order valence-corrected chi connectivity index (χ1v) is 5.02. The summed E-state index contributed by atoms with van der Waals surface area (Å²) in [6, 6.07) is 0. The number of carbonyl (C=O) groups is 1. The minimum atomic E-state index is -0.00417. The van der Waals surface area contributed by atoms with Gasteiger partial charge >= 0.3 is 5.97 Å². The lowest BCUT2D eigenvalue weighted by Crippen LogP contribution is -2.05. The van der Waals surface area contributed by atoms with Crippen LogP contribution < -0.4 is 0 Å². The van der Waals surface area contributed by atoms with Crippen molar-refractivity contribution >= 4 is 19.5 Å². The van der Waals surface area contributed by atoms with Gasteiger partial charge in [0.05, 0.1) is 0 Å². The first kappa shape index (κ1) is 12.8. The highest BCUT2D eigenvalue weighted by Gasteiger charge is 2.22. The van der Waals surface area contributed by atoms with Crippen LogP contribution in [0.3, 0.4) is 0 Å². The van der Waals surface area contributed by atoms with E-state index in [9.17, 15) is 4.79 Å². The van der Waals surface area contributed by atoms with Crippen molar-refractivity contribution in [3.05, 3.63) is 0 Å². The van der Waals surface area contributed by atoms with Gasteiger partial charge in [-0.3, -0.25) is 4.79 Å². The Hall–Kier alpha value is -0.180. The van der Waals surface area contributed by atoms with Crippen molar-refractivity contribution in [2.45, 2.75) is 58.0 Å². The Kier molecular flexibility index (Phi) is 7.14. The molecular weight excluding hydrogens is 184 g/mol. The third kappa shape index (κ3) is 5.19. The number of ether oxygens (including phenoxy) is 1. The van der Waals surface area contributed by atoms with E-state index in [0.29, 0.717) is 6.42 Å². The largest absolute Gasteiger partial charge is 0.462 e. The van der Waals surface area contributed by atoms with Gasteiger partial charge in [0, 0.05) is 6.42 Å². The lowest BCUT2D eigenvalue weighted by atomic mass is 10.1. The second-order valence-corrected chi connectivity index (χ2v) is 3.50. The zero-order valence-electron chi connectivity index (χ0n) is 8.34. The van der Waals surface area contributed by atoms with E-state index in [4.69, 9.17) is 4.74 Å². The molecule has 0 amide bonds. The van der Waals surface area contributed by atoms with E-state index < -0.39 is 0 Å². The van der Waals surface area contributed by atoms with Crippen molar-refractivity contribution in [1.82, 2.24) is 0 Å². The standard InChI is InChI=1S/C10H18O2.H2S/c1-2-3-4-5-6-9-7-8-10(11)12-9;/h9H,2-8H2,1H3;1H2/t9-;/m0./s1. The van der Waals surface area contributed by atoms with Crippen molar-refractivity contribution in [3.8, 4) is 0 Å². The van der Waals surface area contributed by atoms with Gasteiger partial charge in [-0.15, -0.1) is 0 Å². The van der Waals surface area contributed by atoms with E-state index in [0.717, 1.165) is 12.8 Å². The van der Waals surface area contributed by atoms with Gasteiger partial charge in [-0.25, -0.2) is 0 Å². The Morgan fingerprint density at radius 2 is 2.15 bits per heavy atom. The van der Waals surface area contributed by atoms with Gasteiger partial charge in [-0.05, 0) is 19.3 Å². The molecule has 1 aliphatic rings. The highest BCUT2D eigenvalue weighted by molar-refractivity contribution is 7.59. The summed E-state index contributed by atoms with van der Waals surface area (Å²) in [6.07, 6.45) is 7.98. The maximum atomic E-state index is 10.7. The Morgan fingerprint density at radius 3 is 2.69 bits per heavy atom. The quantitative estimate of drug-likeness (QED) is 0.508. The molecule has 1 rings (SSSR count). The number of rotatable bonds is 5. The summed E-state index contributed by atoms with van der Waals surface area (Å²) in [5.41, 5.74) is 0. The Bertz CT molecular complexity index is 148. The molecule has 78 valence electrons. The first-order chi connectivity index (χ1) is 5.83. The molecule has 13 heavy (non-hydrogen) atoms. The molecule has 1 aliphatic heterocycles. The second kappa shape index (κ2) is 7.25. The SMILES string of the molecule is CCCCCC[C@H]1CCC(=O)O1.S. The van der Waals surface area contributed by atoms with E-state index >= 15 is 0 Å². The lowest BCUT2D eigenvalue weighted by Gasteiger charge is -2.07. The predicted octanol–water partition coefficient (Wildman–Crippen LogP) is 2.78. The molecule has 0 aromatic rings. The molecule has 1 fully saturated rings. The minimum Gasteiger partial charge on any atom is -0.462 e. The predicted molar refractivity (Wildman–Crippen MR) is 58.3 cm³/mol. The number of hydrogen-bond acceptors (Lipinski definition) is 2. The fourth-order valence-corrected chi connectivity index (χ4v) is 1.58. The second-order valence-electron chi connectivity index (χ2n) is 3.50. The fraction of sp³-hybridized carbons (Fsp3) is 0.900. The molecule has 1 saturated heterocycles. The number of esters is 1. The van der Waals surface area contributed by atoms with E-state index in [1.54, 1.807) is 0 Å². The average molecular weight is 204 g/mol. The number of hydrogen-bond donors (Lipinski definition) is 0. The summed E-state index contributed by atoms with van der Waals surface area (Å²) >= 11 is 0. The van der Waals surface area contributed by atoms with Gasteiger partial charge < -0.3 is 4.74 Å². The van der Waals surface area contributed by atoms with Crippen LogP contribution in [-0.4, -0.2) is 12.1 Å². The zero-order valence-corrected chi connectivity index (χ0v) is 9.34. The molecular formula is C10H20O2S. The monoisotopic (exact) mass is 204 g/mol. The molecule has 2 nitrogen and oxygen atoms in total.